The van der Waals surface area contributed by atoms with Crippen LogP contribution in [0.2, 0.25) is 0 Å². The molecule has 0 saturated heterocycles. The zero-order chi connectivity index (χ0) is 15.9. The fourth-order valence-electron chi connectivity index (χ4n) is 2.37. The van der Waals surface area contributed by atoms with Crippen molar-refractivity contribution in [2.75, 3.05) is 20.3 Å². The van der Waals surface area contributed by atoms with E-state index in [0.717, 1.165) is 17.1 Å². The Morgan fingerprint density at radius 1 is 1.32 bits per heavy atom. The van der Waals surface area contributed by atoms with Crippen molar-refractivity contribution in [3.8, 4) is 0 Å². The number of hydrogen-bond donors (Lipinski definition) is 2. The first kappa shape index (κ1) is 17.1. The molecule has 2 N–H and O–H groups in total. The molecule has 2 aromatic rings. The third kappa shape index (κ3) is 4.88. The van der Waals surface area contributed by atoms with Gasteiger partial charge in [0.2, 0.25) is 0 Å². The van der Waals surface area contributed by atoms with Crippen molar-refractivity contribution in [3.05, 3.63) is 51.5 Å². The van der Waals surface area contributed by atoms with Crippen LogP contribution in [0.1, 0.15) is 34.1 Å². The lowest BCUT2D eigenvalue weighted by Crippen LogP contribution is -2.31. The predicted molar refractivity (Wildman–Crippen MR) is 90.4 cm³/mol. The number of aryl methyl sites for hydroxylation is 1. The van der Waals surface area contributed by atoms with Gasteiger partial charge in [-0.1, -0.05) is 30.3 Å². The number of nitrogens with one attached hydrogen (secondary N) is 1. The maximum atomic E-state index is 9.71. The standard InChI is InChI=1S/C17H24N2O2S/c1-12(18-10-15(20)11-21-3)17-13(2)19-16(22-17)9-14-7-5-4-6-8-14/h4-8,12,15,18,20H,9-11H2,1-3H3. The number of methoxy groups -OCH3 is 1. The molecule has 1 aromatic heterocycles. The fourth-order valence-corrected chi connectivity index (χ4v) is 3.50. The van der Waals surface area contributed by atoms with Crippen LogP contribution >= 0.6 is 11.3 Å². The van der Waals surface area contributed by atoms with Crippen LogP contribution in [-0.4, -0.2) is 36.5 Å². The number of rotatable bonds is 8. The van der Waals surface area contributed by atoms with Crippen molar-refractivity contribution in [3.63, 3.8) is 0 Å². The molecule has 0 saturated carbocycles. The first-order valence-electron chi connectivity index (χ1n) is 7.50. The highest BCUT2D eigenvalue weighted by atomic mass is 32.1. The molecule has 2 unspecified atom stereocenters. The van der Waals surface area contributed by atoms with Gasteiger partial charge < -0.3 is 15.2 Å². The minimum atomic E-state index is -0.482. The lowest BCUT2D eigenvalue weighted by Gasteiger charge is -2.16. The average Bonchev–Trinajstić information content (AvgIpc) is 2.87. The highest BCUT2D eigenvalue weighted by molar-refractivity contribution is 7.11. The van der Waals surface area contributed by atoms with Crippen LogP contribution in [-0.2, 0) is 11.2 Å². The minimum absolute atomic E-state index is 0.175. The summed E-state index contributed by atoms with van der Waals surface area (Å²) in [7, 11) is 1.59. The van der Waals surface area contributed by atoms with Crippen molar-refractivity contribution in [2.24, 2.45) is 0 Å². The van der Waals surface area contributed by atoms with Gasteiger partial charge in [0.05, 0.1) is 23.4 Å². The minimum Gasteiger partial charge on any atom is -0.389 e. The van der Waals surface area contributed by atoms with Gasteiger partial charge in [0.25, 0.3) is 0 Å². The Bertz CT molecular complexity index is 571. The van der Waals surface area contributed by atoms with E-state index in [-0.39, 0.29) is 6.04 Å². The molecule has 4 nitrogen and oxygen atoms in total. The molecule has 5 heteroatoms. The number of thiazole rings is 1. The van der Waals surface area contributed by atoms with Crippen LogP contribution in [0.15, 0.2) is 30.3 Å². The molecule has 0 aliphatic carbocycles. The lowest BCUT2D eigenvalue weighted by molar-refractivity contribution is 0.0631. The summed E-state index contributed by atoms with van der Waals surface area (Å²) >= 11 is 1.74. The number of aliphatic hydroxyl groups is 1. The molecule has 0 spiro atoms. The molecule has 1 heterocycles. The molecule has 0 fully saturated rings. The largest absolute Gasteiger partial charge is 0.389 e. The molecule has 1 aromatic carbocycles. The molecule has 120 valence electrons. The molecule has 0 aliphatic rings. The monoisotopic (exact) mass is 320 g/mol. The first-order valence-corrected chi connectivity index (χ1v) is 8.32. The summed E-state index contributed by atoms with van der Waals surface area (Å²) < 4.78 is 4.94. The first-order chi connectivity index (χ1) is 10.6. The summed E-state index contributed by atoms with van der Waals surface area (Å²) in [5.74, 6) is 0. The second kappa shape index (κ2) is 8.39. The number of hydrogen-bond acceptors (Lipinski definition) is 5. The second-order valence-electron chi connectivity index (χ2n) is 5.46. The van der Waals surface area contributed by atoms with Gasteiger partial charge in [0.15, 0.2) is 0 Å². The van der Waals surface area contributed by atoms with Gasteiger partial charge in [-0.25, -0.2) is 4.98 Å². The van der Waals surface area contributed by atoms with Gasteiger partial charge >= 0.3 is 0 Å². The molecule has 22 heavy (non-hydrogen) atoms. The summed E-state index contributed by atoms with van der Waals surface area (Å²) in [5.41, 5.74) is 2.34. The molecule has 0 aliphatic heterocycles. The molecule has 0 amide bonds. The summed E-state index contributed by atoms with van der Waals surface area (Å²) in [6.45, 7) is 5.01. The number of aromatic nitrogens is 1. The Kier molecular flexibility index (Phi) is 6.51. The van der Waals surface area contributed by atoms with E-state index in [1.165, 1.54) is 10.4 Å². The van der Waals surface area contributed by atoms with Crippen LogP contribution in [0.5, 0.6) is 0 Å². The van der Waals surface area contributed by atoms with Gasteiger partial charge in [0, 0.05) is 31.0 Å². The van der Waals surface area contributed by atoms with Crippen molar-refractivity contribution < 1.29 is 9.84 Å². The van der Waals surface area contributed by atoms with E-state index < -0.39 is 6.10 Å². The van der Waals surface area contributed by atoms with E-state index in [1.807, 2.05) is 13.0 Å². The highest BCUT2D eigenvalue weighted by Crippen LogP contribution is 2.26. The van der Waals surface area contributed by atoms with Crippen LogP contribution < -0.4 is 5.32 Å². The fraction of sp³-hybridized carbons (Fsp3) is 0.471. The van der Waals surface area contributed by atoms with Crippen LogP contribution in [0.4, 0.5) is 0 Å². The number of ether oxygens (including phenoxy) is 1. The SMILES string of the molecule is COCC(O)CNC(C)c1sc(Cc2ccccc2)nc1C. The predicted octanol–water partition coefficient (Wildman–Crippen LogP) is 2.70. The smallest absolute Gasteiger partial charge is 0.0975 e. The maximum absolute atomic E-state index is 9.71. The molecule has 0 radical (unpaired) electrons. The van der Waals surface area contributed by atoms with E-state index in [9.17, 15) is 5.11 Å². The van der Waals surface area contributed by atoms with E-state index in [0.29, 0.717) is 13.2 Å². The Morgan fingerprint density at radius 3 is 2.73 bits per heavy atom. The summed E-state index contributed by atoms with van der Waals surface area (Å²) in [6, 6.07) is 10.6. The zero-order valence-corrected chi connectivity index (χ0v) is 14.2. The topological polar surface area (TPSA) is 54.4 Å². The Labute approximate surface area is 136 Å². The van der Waals surface area contributed by atoms with Crippen LogP contribution in [0.3, 0.4) is 0 Å². The summed E-state index contributed by atoms with van der Waals surface area (Å²) in [6.07, 6.45) is 0.384. The Morgan fingerprint density at radius 2 is 2.05 bits per heavy atom. The highest BCUT2D eigenvalue weighted by Gasteiger charge is 2.15. The van der Waals surface area contributed by atoms with E-state index in [4.69, 9.17) is 4.74 Å². The van der Waals surface area contributed by atoms with Crippen LogP contribution in [0, 0.1) is 6.92 Å². The normalized spacial score (nSPS) is 14.0. The van der Waals surface area contributed by atoms with Crippen molar-refractivity contribution >= 4 is 11.3 Å². The lowest BCUT2D eigenvalue weighted by atomic mass is 10.2. The third-order valence-corrected chi connectivity index (χ3v) is 4.83. The summed E-state index contributed by atoms with van der Waals surface area (Å²) in [5, 5.41) is 14.2. The third-order valence-electron chi connectivity index (χ3n) is 3.49. The van der Waals surface area contributed by atoms with E-state index in [1.54, 1.807) is 18.4 Å². The maximum Gasteiger partial charge on any atom is 0.0975 e. The molecular weight excluding hydrogens is 296 g/mol. The van der Waals surface area contributed by atoms with Gasteiger partial charge in [-0.05, 0) is 19.4 Å². The average molecular weight is 320 g/mol. The number of nitrogens with zero attached hydrogens (tertiary/aromatic N) is 1. The quantitative estimate of drug-likeness (QED) is 0.785. The molecule has 2 atom stereocenters. The van der Waals surface area contributed by atoms with Crippen molar-refractivity contribution in [1.82, 2.24) is 10.3 Å². The number of benzene rings is 1. The molecular formula is C17H24N2O2S. The Hall–Kier alpha value is -1.27. The van der Waals surface area contributed by atoms with E-state index >= 15 is 0 Å². The molecule has 2 rings (SSSR count). The van der Waals surface area contributed by atoms with E-state index in [2.05, 4.69) is 41.5 Å². The van der Waals surface area contributed by atoms with Crippen molar-refractivity contribution in [2.45, 2.75) is 32.4 Å². The second-order valence-corrected chi connectivity index (χ2v) is 6.57. The van der Waals surface area contributed by atoms with Gasteiger partial charge in [-0.2, -0.15) is 0 Å². The van der Waals surface area contributed by atoms with Gasteiger partial charge in [-0.3, -0.25) is 0 Å². The summed E-state index contributed by atoms with van der Waals surface area (Å²) in [4.78, 5) is 5.91. The van der Waals surface area contributed by atoms with Gasteiger partial charge in [0.1, 0.15) is 0 Å². The Balaban J connectivity index is 1.97. The van der Waals surface area contributed by atoms with Crippen molar-refractivity contribution in [1.29, 1.82) is 0 Å². The zero-order valence-electron chi connectivity index (χ0n) is 13.4. The number of aliphatic hydroxyl groups excluding tert-OH is 1. The van der Waals surface area contributed by atoms with Gasteiger partial charge in [-0.15, -0.1) is 11.3 Å². The van der Waals surface area contributed by atoms with Crippen LogP contribution in [0.25, 0.3) is 0 Å². The molecule has 0 bridgehead atoms.